The number of carbonyl (C=O) groups excluding carboxylic acids is 3. The van der Waals surface area contributed by atoms with E-state index in [1.165, 1.54) is 0 Å². The molecule has 0 radical (unpaired) electrons. The third-order valence-electron chi connectivity index (χ3n) is 6.15. The SMILES string of the molecule is CC(C)C[C@H](NC(=O)c1ccc2c(c1)Nc1ccccc1S2)C(=O)NC1CCOC1OC(=O)C(C)(C)C. The van der Waals surface area contributed by atoms with Crippen LogP contribution in [0.2, 0.25) is 0 Å². The zero-order chi connectivity index (χ0) is 26.7. The molecule has 2 aromatic carbocycles. The minimum absolute atomic E-state index is 0.170. The Balaban J connectivity index is 1.43. The Hall–Kier alpha value is -3.04. The third-order valence-corrected chi connectivity index (χ3v) is 7.30. The molecule has 0 spiro atoms. The maximum absolute atomic E-state index is 13.3. The van der Waals surface area contributed by atoms with Gasteiger partial charge < -0.3 is 25.4 Å². The predicted octanol–water partition coefficient (Wildman–Crippen LogP) is 4.86. The lowest BCUT2D eigenvalue weighted by Gasteiger charge is -2.26. The Kier molecular flexibility index (Phi) is 8.14. The first-order chi connectivity index (χ1) is 17.5. The van der Waals surface area contributed by atoms with Gasteiger partial charge in [0.2, 0.25) is 12.2 Å². The van der Waals surface area contributed by atoms with Crippen molar-refractivity contribution >= 4 is 40.9 Å². The summed E-state index contributed by atoms with van der Waals surface area (Å²) in [5.41, 5.74) is 1.64. The van der Waals surface area contributed by atoms with Crippen LogP contribution in [0.4, 0.5) is 11.4 Å². The number of hydrogen-bond donors (Lipinski definition) is 3. The van der Waals surface area contributed by atoms with Gasteiger partial charge >= 0.3 is 5.97 Å². The Labute approximate surface area is 222 Å². The third kappa shape index (κ3) is 6.64. The number of carbonyl (C=O) groups is 3. The maximum Gasteiger partial charge on any atom is 0.313 e. The molecule has 2 heterocycles. The zero-order valence-corrected chi connectivity index (χ0v) is 22.7. The van der Waals surface area contributed by atoms with E-state index in [-0.39, 0.29) is 17.7 Å². The first-order valence-electron chi connectivity index (χ1n) is 12.6. The quantitative estimate of drug-likeness (QED) is 0.378. The smallest absolute Gasteiger partial charge is 0.313 e. The molecule has 1 fully saturated rings. The fourth-order valence-corrected chi connectivity index (χ4v) is 5.08. The van der Waals surface area contributed by atoms with Crippen molar-refractivity contribution in [3.05, 3.63) is 48.0 Å². The summed E-state index contributed by atoms with van der Waals surface area (Å²) in [6.45, 7) is 9.66. The molecule has 37 heavy (non-hydrogen) atoms. The molecule has 198 valence electrons. The van der Waals surface area contributed by atoms with E-state index in [1.807, 2.05) is 44.2 Å². The van der Waals surface area contributed by atoms with E-state index in [0.29, 0.717) is 25.0 Å². The first kappa shape index (κ1) is 27.0. The highest BCUT2D eigenvalue weighted by Crippen LogP contribution is 2.44. The standard InChI is InChI=1S/C28H35N3O5S/c1-16(2)14-21(25(33)30-19-12-13-35-26(19)36-27(34)28(3,4)5)31-24(32)17-10-11-23-20(15-17)29-18-8-6-7-9-22(18)37-23/h6-11,15-16,19,21,26,29H,12-14H2,1-5H3,(H,30,33)(H,31,32)/t19?,21-,26?/m0/s1. The molecule has 2 aromatic rings. The molecule has 4 rings (SSSR count). The van der Waals surface area contributed by atoms with Gasteiger partial charge in [0, 0.05) is 15.4 Å². The van der Waals surface area contributed by atoms with Crippen molar-refractivity contribution in [3.8, 4) is 0 Å². The molecule has 2 unspecified atom stereocenters. The van der Waals surface area contributed by atoms with Gasteiger partial charge in [0.05, 0.1) is 29.4 Å². The van der Waals surface area contributed by atoms with Gasteiger partial charge in [-0.1, -0.05) is 37.7 Å². The summed E-state index contributed by atoms with van der Waals surface area (Å²) < 4.78 is 11.1. The fourth-order valence-electron chi connectivity index (χ4n) is 4.11. The molecule has 2 aliphatic rings. The normalized spacial score (nSPS) is 19.3. The summed E-state index contributed by atoms with van der Waals surface area (Å²) in [4.78, 5) is 41.0. The van der Waals surface area contributed by atoms with Crippen molar-refractivity contribution in [2.24, 2.45) is 11.3 Å². The largest absolute Gasteiger partial charge is 0.433 e. The zero-order valence-electron chi connectivity index (χ0n) is 21.9. The lowest BCUT2D eigenvalue weighted by atomic mass is 9.97. The van der Waals surface area contributed by atoms with Crippen LogP contribution in [0.25, 0.3) is 0 Å². The average molecular weight is 526 g/mol. The number of para-hydroxylation sites is 1. The van der Waals surface area contributed by atoms with Gasteiger partial charge in [0.25, 0.3) is 5.91 Å². The molecule has 0 aliphatic carbocycles. The van der Waals surface area contributed by atoms with E-state index in [4.69, 9.17) is 9.47 Å². The number of amides is 2. The molecule has 3 atom stereocenters. The highest BCUT2D eigenvalue weighted by atomic mass is 32.2. The summed E-state index contributed by atoms with van der Waals surface area (Å²) in [6, 6.07) is 12.3. The Morgan fingerprint density at radius 1 is 1.11 bits per heavy atom. The fraction of sp³-hybridized carbons (Fsp3) is 0.464. The number of nitrogens with one attached hydrogen (secondary N) is 3. The molecule has 8 nitrogen and oxygen atoms in total. The summed E-state index contributed by atoms with van der Waals surface area (Å²) in [6.07, 6.45) is 0.133. The highest BCUT2D eigenvalue weighted by molar-refractivity contribution is 7.99. The number of benzene rings is 2. The minimum atomic E-state index is -0.849. The second-order valence-electron chi connectivity index (χ2n) is 10.9. The van der Waals surface area contributed by atoms with Crippen molar-refractivity contribution in [2.45, 2.75) is 75.6 Å². The summed E-state index contributed by atoms with van der Waals surface area (Å²) in [5, 5.41) is 9.24. The van der Waals surface area contributed by atoms with Crippen molar-refractivity contribution in [2.75, 3.05) is 11.9 Å². The van der Waals surface area contributed by atoms with Crippen LogP contribution in [0.5, 0.6) is 0 Å². The van der Waals surface area contributed by atoms with E-state index in [2.05, 4.69) is 22.0 Å². The molecule has 2 aliphatic heterocycles. The van der Waals surface area contributed by atoms with Crippen LogP contribution in [-0.2, 0) is 19.1 Å². The average Bonchev–Trinajstić information content (AvgIpc) is 3.27. The van der Waals surface area contributed by atoms with Gasteiger partial charge in [-0.25, -0.2) is 0 Å². The molecule has 0 aromatic heterocycles. The number of hydrogen-bond acceptors (Lipinski definition) is 7. The monoisotopic (exact) mass is 525 g/mol. The molecule has 0 bridgehead atoms. The summed E-state index contributed by atoms with van der Waals surface area (Å²) in [7, 11) is 0. The maximum atomic E-state index is 13.3. The molecule has 3 N–H and O–H groups in total. The molecular weight excluding hydrogens is 490 g/mol. The van der Waals surface area contributed by atoms with Crippen LogP contribution in [-0.4, -0.2) is 42.8 Å². The second-order valence-corrected chi connectivity index (χ2v) is 12.0. The summed E-state index contributed by atoms with van der Waals surface area (Å²) in [5.74, 6) is -0.876. The van der Waals surface area contributed by atoms with E-state index in [0.717, 1.165) is 21.2 Å². The topological polar surface area (TPSA) is 106 Å². The molecule has 1 saturated heterocycles. The molecule has 0 saturated carbocycles. The van der Waals surface area contributed by atoms with Crippen LogP contribution in [0.1, 0.15) is 57.8 Å². The van der Waals surface area contributed by atoms with Crippen molar-refractivity contribution < 1.29 is 23.9 Å². The van der Waals surface area contributed by atoms with Crippen LogP contribution >= 0.6 is 11.8 Å². The van der Waals surface area contributed by atoms with Crippen LogP contribution < -0.4 is 16.0 Å². The van der Waals surface area contributed by atoms with Crippen LogP contribution in [0.15, 0.2) is 52.3 Å². The number of anilines is 2. The van der Waals surface area contributed by atoms with E-state index < -0.39 is 29.8 Å². The highest BCUT2D eigenvalue weighted by Gasteiger charge is 2.37. The number of ether oxygens (including phenoxy) is 2. The Morgan fingerprint density at radius 2 is 1.84 bits per heavy atom. The van der Waals surface area contributed by atoms with E-state index >= 15 is 0 Å². The molecule has 2 amide bonds. The van der Waals surface area contributed by atoms with Crippen LogP contribution in [0.3, 0.4) is 0 Å². The van der Waals surface area contributed by atoms with Crippen LogP contribution in [0, 0.1) is 11.3 Å². The van der Waals surface area contributed by atoms with Gasteiger partial charge in [0.15, 0.2) is 0 Å². The van der Waals surface area contributed by atoms with Crippen molar-refractivity contribution in [1.82, 2.24) is 10.6 Å². The van der Waals surface area contributed by atoms with Crippen molar-refractivity contribution in [3.63, 3.8) is 0 Å². The summed E-state index contributed by atoms with van der Waals surface area (Å²) >= 11 is 1.65. The van der Waals surface area contributed by atoms with E-state index in [1.54, 1.807) is 38.6 Å². The minimum Gasteiger partial charge on any atom is -0.433 e. The molecular formula is C28H35N3O5S. The number of rotatable bonds is 7. The number of esters is 1. The van der Waals surface area contributed by atoms with Gasteiger partial charge in [0.1, 0.15) is 6.04 Å². The lowest BCUT2D eigenvalue weighted by molar-refractivity contribution is -0.182. The molecule has 9 heteroatoms. The van der Waals surface area contributed by atoms with Crippen molar-refractivity contribution in [1.29, 1.82) is 0 Å². The first-order valence-corrected chi connectivity index (χ1v) is 13.4. The Bertz CT molecular complexity index is 1180. The lowest BCUT2D eigenvalue weighted by Crippen LogP contribution is -2.52. The van der Waals surface area contributed by atoms with Gasteiger partial charge in [-0.05, 0) is 69.9 Å². The van der Waals surface area contributed by atoms with Gasteiger partial charge in [-0.15, -0.1) is 0 Å². The number of fused-ring (bicyclic) bond motifs is 2. The second kappa shape index (κ2) is 11.1. The van der Waals surface area contributed by atoms with Gasteiger partial charge in [-0.3, -0.25) is 14.4 Å². The predicted molar refractivity (Wildman–Crippen MR) is 143 cm³/mol. The van der Waals surface area contributed by atoms with E-state index in [9.17, 15) is 14.4 Å². The van der Waals surface area contributed by atoms with Gasteiger partial charge in [-0.2, -0.15) is 0 Å². The Morgan fingerprint density at radius 3 is 2.57 bits per heavy atom.